The van der Waals surface area contributed by atoms with E-state index in [4.69, 9.17) is 16.3 Å². The lowest BCUT2D eigenvalue weighted by molar-refractivity contribution is 0.0185. The topological polar surface area (TPSA) is 126 Å². The summed E-state index contributed by atoms with van der Waals surface area (Å²) >= 11 is 6.09. The monoisotopic (exact) mass is 628 g/mol. The van der Waals surface area contributed by atoms with Crippen LogP contribution in [0.3, 0.4) is 0 Å². The fraction of sp³-hybridized carbons (Fsp3) is 0.484. The quantitative estimate of drug-likeness (QED) is 0.269. The van der Waals surface area contributed by atoms with Crippen LogP contribution < -0.4 is 10.0 Å². The van der Waals surface area contributed by atoms with Crippen LogP contribution in [-0.4, -0.2) is 59.1 Å². The number of rotatable bonds is 10. The van der Waals surface area contributed by atoms with E-state index in [1.807, 2.05) is 53.2 Å². The van der Waals surface area contributed by atoms with E-state index < -0.39 is 15.6 Å². The number of pyridine rings is 1. The minimum absolute atomic E-state index is 0.0233. The summed E-state index contributed by atoms with van der Waals surface area (Å²) in [5, 5.41) is 3.59. The number of amides is 1. The highest BCUT2D eigenvalue weighted by molar-refractivity contribution is 7.92. The molecule has 1 aliphatic rings. The van der Waals surface area contributed by atoms with Gasteiger partial charge in [0.25, 0.3) is 10.0 Å². The van der Waals surface area contributed by atoms with Crippen LogP contribution in [-0.2, 0) is 34.0 Å². The smallest absolute Gasteiger partial charge is 0.410 e. The highest BCUT2D eigenvalue weighted by Crippen LogP contribution is 2.26. The number of nitrogens with zero attached hydrogens (tertiary/aromatic N) is 4. The Morgan fingerprint density at radius 1 is 1.05 bits per heavy atom. The minimum Gasteiger partial charge on any atom is -0.444 e. The van der Waals surface area contributed by atoms with Gasteiger partial charge in [0.1, 0.15) is 10.5 Å². The zero-order chi connectivity index (χ0) is 31.2. The largest absolute Gasteiger partial charge is 0.444 e. The van der Waals surface area contributed by atoms with Crippen LogP contribution in [0.1, 0.15) is 70.2 Å². The Labute approximate surface area is 259 Å². The number of hydrogen-bond donors (Lipinski definition) is 2. The van der Waals surface area contributed by atoms with Crippen LogP contribution >= 0.6 is 11.6 Å². The Kier molecular flexibility index (Phi) is 10.5. The molecule has 3 aromatic rings. The van der Waals surface area contributed by atoms with Crippen LogP contribution in [0.4, 0.5) is 16.4 Å². The molecule has 1 amide bonds. The molecule has 2 aromatic heterocycles. The van der Waals surface area contributed by atoms with Gasteiger partial charge in [-0.15, -0.1) is 0 Å². The number of carbonyl (C=O) groups is 1. The number of aromatic nitrogens is 3. The summed E-state index contributed by atoms with van der Waals surface area (Å²) in [6, 6.07) is 8.55. The molecule has 0 saturated heterocycles. The van der Waals surface area contributed by atoms with Gasteiger partial charge in [-0.2, -0.15) is 0 Å². The molecule has 10 nitrogen and oxygen atoms in total. The maximum absolute atomic E-state index is 12.8. The molecule has 43 heavy (non-hydrogen) atoms. The molecule has 1 fully saturated rings. The summed E-state index contributed by atoms with van der Waals surface area (Å²) in [6.45, 7) is 7.64. The van der Waals surface area contributed by atoms with E-state index in [9.17, 15) is 13.2 Å². The lowest BCUT2D eigenvalue weighted by Gasteiger charge is -2.35. The van der Waals surface area contributed by atoms with Gasteiger partial charge in [0, 0.05) is 37.2 Å². The standard InChI is InChI=1S/C31H41ClN6O4S/c1-6-22-17-24(37-43(40,41)28-10-8-7-9-26(28)32)20-33-27(22)16-11-21-18-34-29(35-19-21)36-23-12-14-25(15-13-23)38(5)30(39)42-31(2,3)4/h7-10,17-20,23,25,37H,6,11-16H2,1-5H3,(H,34,35,36). The Hall–Kier alpha value is -3.44. The van der Waals surface area contributed by atoms with Gasteiger partial charge in [0.05, 0.1) is 16.9 Å². The molecule has 0 bridgehead atoms. The van der Waals surface area contributed by atoms with Crippen LogP contribution in [0.2, 0.25) is 5.02 Å². The number of aryl methyl sites for hydroxylation is 3. The molecular formula is C31H41ClN6O4S. The van der Waals surface area contributed by atoms with Crippen molar-refractivity contribution in [2.75, 3.05) is 17.1 Å². The zero-order valence-electron chi connectivity index (χ0n) is 25.4. The third-order valence-electron chi connectivity index (χ3n) is 7.43. The molecule has 2 heterocycles. The minimum atomic E-state index is -3.83. The molecule has 12 heteroatoms. The van der Waals surface area contributed by atoms with Crippen molar-refractivity contribution in [3.8, 4) is 0 Å². The molecular weight excluding hydrogens is 588 g/mol. The van der Waals surface area contributed by atoms with E-state index in [-0.39, 0.29) is 28.1 Å². The summed E-state index contributed by atoms with van der Waals surface area (Å²) in [7, 11) is -2.02. The van der Waals surface area contributed by atoms with Gasteiger partial charge in [-0.05, 0) is 95.0 Å². The fourth-order valence-corrected chi connectivity index (χ4v) is 6.65. The van der Waals surface area contributed by atoms with E-state index in [0.29, 0.717) is 30.9 Å². The van der Waals surface area contributed by atoms with Gasteiger partial charge in [-0.1, -0.05) is 30.7 Å². The predicted octanol–water partition coefficient (Wildman–Crippen LogP) is 6.26. The number of anilines is 2. The number of ether oxygens (including phenoxy) is 1. The molecule has 1 aliphatic carbocycles. The molecule has 232 valence electrons. The molecule has 0 spiro atoms. The maximum atomic E-state index is 12.8. The Bertz CT molecular complexity index is 1500. The van der Waals surface area contributed by atoms with Crippen molar-refractivity contribution in [2.45, 2.75) is 95.2 Å². The van der Waals surface area contributed by atoms with Crippen molar-refractivity contribution >= 4 is 39.4 Å². The van der Waals surface area contributed by atoms with Crippen molar-refractivity contribution in [1.29, 1.82) is 0 Å². The molecule has 0 aliphatic heterocycles. The number of carbonyl (C=O) groups excluding carboxylic acids is 1. The van der Waals surface area contributed by atoms with Crippen LogP contribution in [0.25, 0.3) is 0 Å². The zero-order valence-corrected chi connectivity index (χ0v) is 27.0. The first-order chi connectivity index (χ1) is 20.3. The first-order valence-corrected chi connectivity index (χ1v) is 16.5. The third kappa shape index (κ3) is 9.03. The SMILES string of the molecule is CCc1cc(NS(=O)(=O)c2ccccc2Cl)cnc1CCc1cnc(NC2CCC(N(C)C(=O)OC(C)(C)C)CC2)nc1. The second-order valence-corrected chi connectivity index (χ2v) is 13.9. The second-order valence-electron chi connectivity index (χ2n) is 11.9. The van der Waals surface area contributed by atoms with Crippen molar-refractivity contribution in [3.63, 3.8) is 0 Å². The summed E-state index contributed by atoms with van der Waals surface area (Å²) < 4.78 is 33.7. The molecule has 2 N–H and O–H groups in total. The lowest BCUT2D eigenvalue weighted by Crippen LogP contribution is -2.43. The maximum Gasteiger partial charge on any atom is 0.410 e. The highest BCUT2D eigenvalue weighted by Gasteiger charge is 2.29. The van der Waals surface area contributed by atoms with Crippen LogP contribution in [0.15, 0.2) is 53.8 Å². The predicted molar refractivity (Wildman–Crippen MR) is 169 cm³/mol. The van der Waals surface area contributed by atoms with Gasteiger partial charge in [-0.25, -0.2) is 23.2 Å². The molecule has 0 radical (unpaired) electrons. The Balaban J connectivity index is 1.28. The fourth-order valence-electron chi connectivity index (χ4n) is 5.09. The Morgan fingerprint density at radius 3 is 2.35 bits per heavy atom. The first-order valence-electron chi connectivity index (χ1n) is 14.6. The number of sulfonamides is 1. The number of hydrogen-bond acceptors (Lipinski definition) is 8. The summed E-state index contributed by atoms with van der Waals surface area (Å²) in [6.07, 6.45) is 10.6. The van der Waals surface area contributed by atoms with Gasteiger partial charge >= 0.3 is 6.09 Å². The van der Waals surface area contributed by atoms with Crippen molar-refractivity contribution in [1.82, 2.24) is 19.9 Å². The summed E-state index contributed by atoms with van der Waals surface area (Å²) in [5.41, 5.74) is 2.74. The van der Waals surface area contributed by atoms with E-state index in [1.54, 1.807) is 23.1 Å². The van der Waals surface area contributed by atoms with Crippen molar-refractivity contribution < 1.29 is 17.9 Å². The van der Waals surface area contributed by atoms with Gasteiger partial charge < -0.3 is 15.0 Å². The lowest BCUT2D eigenvalue weighted by atomic mass is 9.90. The molecule has 1 aromatic carbocycles. The third-order valence-corrected chi connectivity index (χ3v) is 9.32. The molecule has 4 rings (SSSR count). The van der Waals surface area contributed by atoms with Crippen molar-refractivity contribution in [2.24, 2.45) is 0 Å². The van der Waals surface area contributed by atoms with E-state index in [2.05, 4.69) is 25.0 Å². The molecule has 0 atom stereocenters. The van der Waals surface area contributed by atoms with Gasteiger partial charge in [0.2, 0.25) is 5.95 Å². The number of nitrogens with one attached hydrogen (secondary N) is 2. The van der Waals surface area contributed by atoms with Gasteiger partial charge in [-0.3, -0.25) is 9.71 Å². The van der Waals surface area contributed by atoms with Gasteiger partial charge in [0.15, 0.2) is 0 Å². The Morgan fingerprint density at radius 2 is 1.72 bits per heavy atom. The number of benzene rings is 1. The highest BCUT2D eigenvalue weighted by atomic mass is 35.5. The summed E-state index contributed by atoms with van der Waals surface area (Å²) in [5.74, 6) is 0.593. The average Bonchev–Trinajstić information content (AvgIpc) is 2.96. The van der Waals surface area contributed by atoms with Crippen LogP contribution in [0.5, 0.6) is 0 Å². The molecule has 1 saturated carbocycles. The van der Waals surface area contributed by atoms with Crippen LogP contribution in [0, 0.1) is 0 Å². The van der Waals surface area contributed by atoms with E-state index in [1.165, 1.54) is 12.3 Å². The first kappa shape index (κ1) is 32.5. The molecule has 0 unspecified atom stereocenters. The normalized spacial score (nSPS) is 17.3. The summed E-state index contributed by atoms with van der Waals surface area (Å²) in [4.78, 5) is 27.8. The van der Waals surface area contributed by atoms with Crippen molar-refractivity contribution in [3.05, 3.63) is 70.8 Å². The van der Waals surface area contributed by atoms with E-state index in [0.717, 1.165) is 42.5 Å². The van der Waals surface area contributed by atoms with E-state index >= 15 is 0 Å². The second kappa shape index (κ2) is 13.9. The average molecular weight is 629 g/mol. The number of halogens is 1.